The van der Waals surface area contributed by atoms with E-state index in [-0.39, 0.29) is 27.8 Å². The number of fused-ring (bicyclic) bond motifs is 13. The van der Waals surface area contributed by atoms with Crippen LogP contribution in [0.25, 0.3) is 44.5 Å². The summed E-state index contributed by atoms with van der Waals surface area (Å²) in [6.07, 6.45) is 0. The Morgan fingerprint density at radius 3 is 1.39 bits per heavy atom. The van der Waals surface area contributed by atoms with Gasteiger partial charge in [-0.05, 0) is 121 Å². The van der Waals surface area contributed by atoms with Crippen molar-refractivity contribution in [1.82, 2.24) is 0 Å². The molecule has 11 rings (SSSR count). The Bertz CT molecular complexity index is 4380. The van der Waals surface area contributed by atoms with Crippen LogP contribution in [0.5, 0.6) is 0 Å². The second-order valence-electron chi connectivity index (χ2n) is 13.4. The smallest absolute Gasteiger partial charge is 0.0726 e. The highest BCUT2D eigenvalue weighted by atomic mass is 15.1. The maximum absolute atomic E-state index is 10.7. The van der Waals surface area contributed by atoms with Crippen molar-refractivity contribution in [2.24, 2.45) is 0 Å². The second-order valence-corrected chi connectivity index (χ2v) is 13.4. The van der Waals surface area contributed by atoms with E-state index in [1.165, 1.54) is 20.8 Å². The molecule has 0 amide bonds. The lowest BCUT2D eigenvalue weighted by Gasteiger charge is -2.32. The molecule has 0 bridgehead atoms. The van der Waals surface area contributed by atoms with Crippen LogP contribution in [0.3, 0.4) is 0 Å². The van der Waals surface area contributed by atoms with Crippen molar-refractivity contribution in [2.45, 2.75) is 31.6 Å². The van der Waals surface area contributed by atoms with Gasteiger partial charge >= 0.3 is 0 Å². The average Bonchev–Trinajstić information content (AvgIpc) is 1.70. The van der Waals surface area contributed by atoms with Crippen LogP contribution in [0.15, 0.2) is 181 Å². The van der Waals surface area contributed by atoms with Crippen LogP contribution in [0.4, 0.5) is 17.1 Å². The summed E-state index contributed by atoms with van der Waals surface area (Å²) in [5, 5.41) is 0. The Kier molecular flexibility index (Phi) is 2.81. The van der Waals surface area contributed by atoms with Crippen molar-refractivity contribution in [3.05, 3.63) is 220 Å². The molecule has 0 saturated heterocycles. The third-order valence-corrected chi connectivity index (χ3v) is 10.1. The van der Waals surface area contributed by atoms with E-state index in [2.05, 4.69) is 0 Å². The van der Waals surface area contributed by atoms with E-state index in [9.17, 15) is 21.9 Å². The number of hydrogen-bond donors (Lipinski definition) is 0. The first kappa shape index (κ1) is 13.4. The molecule has 3 aliphatic rings. The molecule has 54 heavy (non-hydrogen) atoms. The van der Waals surface area contributed by atoms with Gasteiger partial charge in [0.1, 0.15) is 0 Å². The summed E-state index contributed by atoms with van der Waals surface area (Å²) in [6, 6.07) is -28.1. The summed E-state index contributed by atoms with van der Waals surface area (Å²) in [5.41, 5.74) is -16.1. The summed E-state index contributed by atoms with van der Waals surface area (Å²) >= 11 is 0. The van der Waals surface area contributed by atoms with Crippen LogP contribution in [-0.2, 0) is 10.8 Å². The quantitative estimate of drug-likeness (QED) is 0.175. The topological polar surface area (TPSA) is 3.24 Å². The number of rotatable bonds is 4. The van der Waals surface area contributed by atoms with E-state index >= 15 is 0 Å². The molecule has 8 aromatic carbocycles. The Hall–Kier alpha value is -6.44. The first-order chi connectivity index (χ1) is 39.0. The molecule has 1 heteroatoms. The van der Waals surface area contributed by atoms with Gasteiger partial charge in [0.05, 0.1) is 46.5 Å². The summed E-state index contributed by atoms with van der Waals surface area (Å²) in [6.45, 7) is 4.11. The fraction of sp³-hybridized carbons (Fsp3) is 0.0943. The summed E-state index contributed by atoms with van der Waals surface area (Å²) < 4.78 is 280. The van der Waals surface area contributed by atoms with Crippen molar-refractivity contribution in [3.8, 4) is 44.5 Å². The number of hydrogen-bond acceptors (Lipinski definition) is 1. The third kappa shape index (κ3) is 4.15. The average molecular weight is 720 g/mol. The lowest BCUT2D eigenvalue weighted by atomic mass is 9.70. The highest BCUT2D eigenvalue weighted by molar-refractivity contribution is 5.96. The highest BCUT2D eigenvalue weighted by Gasteiger charge is 2.51. The minimum absolute atomic E-state index is 0.136. The minimum Gasteiger partial charge on any atom is -0.310 e. The third-order valence-electron chi connectivity index (χ3n) is 10.1. The molecule has 0 radical (unpaired) electrons. The molecule has 1 spiro atoms. The predicted octanol–water partition coefficient (Wildman–Crippen LogP) is 13.8. The molecule has 0 saturated carbocycles. The zero-order valence-corrected chi connectivity index (χ0v) is 28.4. The van der Waals surface area contributed by atoms with Crippen LogP contribution >= 0.6 is 0 Å². The molecule has 0 unspecified atom stereocenters. The number of benzene rings is 8. The first-order valence-electron chi connectivity index (χ1n) is 31.7. The van der Waals surface area contributed by atoms with Gasteiger partial charge in [-0.25, -0.2) is 0 Å². The minimum atomic E-state index is -2.96. The Balaban J connectivity index is 1.41. The molecule has 8 aromatic rings. The molecule has 0 aliphatic heterocycles. The first-order valence-corrected chi connectivity index (χ1v) is 16.7. The van der Waals surface area contributed by atoms with Gasteiger partial charge in [-0.1, -0.05) is 164 Å². The monoisotopic (exact) mass is 719 g/mol. The van der Waals surface area contributed by atoms with E-state index in [1.54, 1.807) is 0 Å². The Morgan fingerprint density at radius 1 is 0.370 bits per heavy atom. The molecule has 0 N–H and O–H groups in total. The molecular formula is C53H39N. The fourth-order valence-corrected chi connectivity index (χ4v) is 7.77. The molecule has 0 aromatic heterocycles. The lowest BCUT2D eigenvalue weighted by molar-refractivity contribution is 0.660. The SMILES string of the molecule is [2H]c1c([2H])c(C)c([2H])c(-c2c([2H])c([2H])c(N(c3c([2H])c([2H])c4c(c3[2H])C(C)(C)c3c([2H])c([2H])c([2H])c([2H])c3-4)c3c([2H])c([2H])c4c(c3[2H])C3(c5c([2H])c([2H])c([2H])c([2H])c5-c5c([2H])c([2H])c([2H])c([2H])c53)c3c([2H])c([2H])c([2H])c([2H])c3-4)c([2H])c2[2H])c1[2H]. The predicted molar refractivity (Wildman–Crippen MR) is 225 cm³/mol. The van der Waals surface area contributed by atoms with Gasteiger partial charge in [-0.15, -0.1) is 0 Å². The van der Waals surface area contributed by atoms with Crippen LogP contribution in [-0.4, -0.2) is 0 Å². The molecule has 256 valence electrons. The van der Waals surface area contributed by atoms with E-state index < -0.39 is 265 Å². The van der Waals surface area contributed by atoms with Gasteiger partial charge in [-0.2, -0.15) is 0 Å². The summed E-state index contributed by atoms with van der Waals surface area (Å²) in [7, 11) is 0. The van der Waals surface area contributed by atoms with Gasteiger partial charge in [0.2, 0.25) is 0 Å². The summed E-state index contributed by atoms with van der Waals surface area (Å²) in [4.78, 5) is 0.491. The van der Waals surface area contributed by atoms with Crippen LogP contribution < -0.4 is 4.90 Å². The van der Waals surface area contributed by atoms with Crippen molar-refractivity contribution in [1.29, 1.82) is 0 Å². The maximum Gasteiger partial charge on any atom is 0.0726 e. The maximum atomic E-state index is 10.7. The molecule has 0 atom stereocenters. The molecular weight excluding hydrogens is 651 g/mol. The molecule has 1 nitrogen and oxygen atoms in total. The van der Waals surface area contributed by atoms with Crippen molar-refractivity contribution in [3.63, 3.8) is 0 Å². The zero-order valence-electron chi connectivity index (χ0n) is 58.4. The zero-order chi connectivity index (χ0) is 62.3. The van der Waals surface area contributed by atoms with Crippen molar-refractivity contribution in [2.75, 3.05) is 4.90 Å². The number of anilines is 3. The normalized spacial score (nSPS) is 22.3. The standard InChI is InChI=1S/C53H39N/c1-34-13-12-14-36(31-34)35-23-25-37(26-24-35)54(38-27-29-44-40-15-4-8-19-46(40)52(2,3)50(44)32-38)39-28-30-45-43-18-7-11-22-49(43)53(51(45)33-39)47-20-9-5-16-41(47)42-17-6-10-21-48(42)53/h4-33H,1-3H3/i4D,5D,6D,7D,8D,9D,10D,11D,12D,13D,14D,15D,16D,17D,18D,19D,20D,21D,22D,23D,24D,25D,26D,27D,28D,29D,30D,31D,32D,33D. The van der Waals surface area contributed by atoms with Gasteiger partial charge in [-0.3, -0.25) is 0 Å². The number of nitrogens with zero attached hydrogens (tertiary/aromatic N) is 1. The largest absolute Gasteiger partial charge is 0.310 e. The molecule has 3 aliphatic carbocycles. The van der Waals surface area contributed by atoms with Gasteiger partial charge < -0.3 is 4.90 Å². The Labute approximate surface area is 360 Å². The van der Waals surface area contributed by atoms with Gasteiger partial charge in [0, 0.05) is 22.5 Å². The summed E-state index contributed by atoms with van der Waals surface area (Å²) in [5.74, 6) is 0. The van der Waals surface area contributed by atoms with Crippen LogP contribution in [0.1, 0.15) is 93.9 Å². The van der Waals surface area contributed by atoms with E-state index in [4.69, 9.17) is 19.2 Å². The van der Waals surface area contributed by atoms with E-state index in [1.807, 2.05) is 0 Å². The molecule has 0 fully saturated rings. The van der Waals surface area contributed by atoms with Crippen LogP contribution in [0, 0.1) is 6.92 Å². The lowest BCUT2D eigenvalue weighted by Crippen LogP contribution is -2.26. The van der Waals surface area contributed by atoms with Gasteiger partial charge in [0.15, 0.2) is 0 Å². The van der Waals surface area contributed by atoms with Crippen molar-refractivity contribution >= 4 is 17.1 Å². The fourth-order valence-electron chi connectivity index (χ4n) is 7.77. The highest BCUT2D eigenvalue weighted by Crippen LogP contribution is 2.63. The van der Waals surface area contributed by atoms with Crippen LogP contribution in [0.2, 0.25) is 0 Å². The molecule has 0 heterocycles. The van der Waals surface area contributed by atoms with E-state index in [0.29, 0.717) is 4.90 Å². The van der Waals surface area contributed by atoms with E-state index in [0.717, 1.165) is 0 Å². The Morgan fingerprint density at radius 2 is 0.815 bits per heavy atom. The van der Waals surface area contributed by atoms with Crippen molar-refractivity contribution < 1.29 is 41.1 Å². The second kappa shape index (κ2) is 11.3. The van der Waals surface area contributed by atoms with Gasteiger partial charge in [0.25, 0.3) is 0 Å².